The zero-order valence-electron chi connectivity index (χ0n) is 18.1. The van der Waals surface area contributed by atoms with Gasteiger partial charge in [-0.3, -0.25) is 0 Å². The molecular formula is C26H28N6. The molecule has 2 aromatic carbocycles. The molecule has 0 aliphatic heterocycles. The highest BCUT2D eigenvalue weighted by molar-refractivity contribution is 5.55. The Morgan fingerprint density at radius 1 is 0.500 bits per heavy atom. The first-order valence-electron chi connectivity index (χ1n) is 11.0. The fourth-order valence-corrected chi connectivity index (χ4v) is 3.41. The normalized spacial score (nSPS) is 10.9. The van der Waals surface area contributed by atoms with Gasteiger partial charge in [0.1, 0.15) is 0 Å². The highest BCUT2D eigenvalue weighted by atomic mass is 14.9. The Labute approximate surface area is 189 Å². The lowest BCUT2D eigenvalue weighted by molar-refractivity contribution is 0.582. The predicted octanol–water partition coefficient (Wildman–Crippen LogP) is 4.26. The van der Waals surface area contributed by atoms with Crippen molar-refractivity contribution in [3.8, 4) is 22.8 Å². The molecule has 0 spiro atoms. The topological polar surface area (TPSA) is 75.6 Å². The highest BCUT2D eigenvalue weighted by Crippen LogP contribution is 2.15. The average Bonchev–Trinajstić information content (AvgIpc) is 2.87. The van der Waals surface area contributed by atoms with Crippen molar-refractivity contribution < 1.29 is 0 Å². The van der Waals surface area contributed by atoms with E-state index in [0.717, 1.165) is 61.8 Å². The van der Waals surface area contributed by atoms with E-state index in [0.29, 0.717) is 0 Å². The molecule has 6 nitrogen and oxygen atoms in total. The van der Waals surface area contributed by atoms with Gasteiger partial charge in [0.2, 0.25) is 0 Å². The summed E-state index contributed by atoms with van der Waals surface area (Å²) in [4.78, 5) is 17.2. The van der Waals surface area contributed by atoms with Gasteiger partial charge in [0, 0.05) is 49.0 Å². The lowest BCUT2D eigenvalue weighted by Crippen LogP contribution is -2.18. The maximum Gasteiger partial charge on any atom is 0.159 e. The Kier molecular flexibility index (Phi) is 8.01. The molecule has 0 bridgehead atoms. The van der Waals surface area contributed by atoms with Crippen LogP contribution in [0.15, 0.2) is 85.5 Å². The first-order valence-corrected chi connectivity index (χ1v) is 11.0. The van der Waals surface area contributed by atoms with Crippen LogP contribution in [0, 0.1) is 0 Å². The van der Waals surface area contributed by atoms with Crippen molar-refractivity contribution >= 4 is 0 Å². The van der Waals surface area contributed by atoms with Gasteiger partial charge >= 0.3 is 0 Å². The average molecular weight is 425 g/mol. The van der Waals surface area contributed by atoms with E-state index in [1.165, 1.54) is 11.1 Å². The van der Waals surface area contributed by atoms with Crippen LogP contribution in [0.2, 0.25) is 0 Å². The summed E-state index contributed by atoms with van der Waals surface area (Å²) >= 11 is 0. The first-order chi connectivity index (χ1) is 15.9. The van der Waals surface area contributed by atoms with E-state index in [1.807, 2.05) is 12.1 Å². The zero-order valence-corrected chi connectivity index (χ0v) is 18.1. The van der Waals surface area contributed by atoms with Crippen molar-refractivity contribution in [2.75, 3.05) is 13.1 Å². The fraction of sp³-hybridized carbons (Fsp3) is 0.231. The van der Waals surface area contributed by atoms with E-state index in [2.05, 4.69) is 79.1 Å². The van der Waals surface area contributed by atoms with Crippen molar-refractivity contribution in [2.24, 2.45) is 0 Å². The Balaban J connectivity index is 1.08. The summed E-state index contributed by atoms with van der Waals surface area (Å²) in [6.45, 7) is 3.77. The number of aromatic nitrogens is 4. The number of nitrogens with one attached hydrogen (secondary N) is 2. The molecule has 0 aliphatic rings. The molecule has 2 aromatic heterocycles. The minimum Gasteiger partial charge on any atom is -0.313 e. The number of unbranched alkanes of at least 4 members (excludes halogenated alkanes) is 1. The van der Waals surface area contributed by atoms with E-state index in [4.69, 9.17) is 0 Å². The van der Waals surface area contributed by atoms with Gasteiger partial charge in [-0.2, -0.15) is 0 Å². The molecule has 4 aromatic rings. The van der Waals surface area contributed by atoms with Crippen molar-refractivity contribution in [1.29, 1.82) is 0 Å². The van der Waals surface area contributed by atoms with Gasteiger partial charge in [0.25, 0.3) is 0 Å². The summed E-state index contributed by atoms with van der Waals surface area (Å²) < 4.78 is 0. The molecule has 2 N–H and O–H groups in total. The van der Waals surface area contributed by atoms with Gasteiger partial charge in [0.15, 0.2) is 11.6 Å². The van der Waals surface area contributed by atoms with Crippen LogP contribution in [0.5, 0.6) is 0 Å². The highest BCUT2D eigenvalue weighted by Gasteiger charge is 2.01. The van der Waals surface area contributed by atoms with Gasteiger partial charge in [-0.1, -0.05) is 48.5 Å². The molecule has 0 unspecified atom stereocenters. The molecule has 0 saturated carbocycles. The minimum absolute atomic E-state index is 0.765. The molecule has 6 heteroatoms. The van der Waals surface area contributed by atoms with Gasteiger partial charge < -0.3 is 10.6 Å². The zero-order chi connectivity index (χ0) is 21.8. The SMILES string of the molecule is c1cnc(-c2ccc(CNCCCCNCc3ccc(-c4ncccn4)cc3)cc2)nc1. The summed E-state index contributed by atoms with van der Waals surface area (Å²) in [6.07, 6.45) is 9.36. The van der Waals surface area contributed by atoms with Crippen LogP contribution >= 0.6 is 0 Å². The Morgan fingerprint density at radius 2 is 0.875 bits per heavy atom. The van der Waals surface area contributed by atoms with Crippen LogP contribution in [0.4, 0.5) is 0 Å². The van der Waals surface area contributed by atoms with Gasteiger partial charge in [-0.15, -0.1) is 0 Å². The van der Waals surface area contributed by atoms with Crippen LogP contribution in [0.1, 0.15) is 24.0 Å². The second kappa shape index (κ2) is 11.8. The quantitative estimate of drug-likeness (QED) is 0.351. The van der Waals surface area contributed by atoms with Crippen LogP contribution in [0.3, 0.4) is 0 Å². The number of benzene rings is 2. The van der Waals surface area contributed by atoms with Gasteiger partial charge in [-0.05, 0) is 49.2 Å². The van der Waals surface area contributed by atoms with Crippen LogP contribution in [0.25, 0.3) is 22.8 Å². The molecule has 0 amide bonds. The van der Waals surface area contributed by atoms with Crippen LogP contribution in [-0.4, -0.2) is 33.0 Å². The molecule has 4 rings (SSSR count). The summed E-state index contributed by atoms with van der Waals surface area (Å²) in [6, 6.07) is 20.5. The standard InChI is InChI=1S/C26H28N6/c1(13-27-19-21-5-9-23(10-6-21)25-29-15-3-16-30-25)2-14-28-20-22-7-11-24(12-8-22)26-31-17-4-18-32-26/h3-12,15-18,27-28H,1-2,13-14,19-20H2. The lowest BCUT2D eigenvalue weighted by Gasteiger charge is -2.08. The minimum atomic E-state index is 0.765. The van der Waals surface area contributed by atoms with Crippen molar-refractivity contribution in [3.63, 3.8) is 0 Å². The van der Waals surface area contributed by atoms with Crippen LogP contribution in [-0.2, 0) is 13.1 Å². The van der Waals surface area contributed by atoms with E-state index in [1.54, 1.807) is 24.8 Å². The van der Waals surface area contributed by atoms with Crippen molar-refractivity contribution in [1.82, 2.24) is 30.6 Å². The molecule has 0 atom stereocenters. The summed E-state index contributed by atoms with van der Waals surface area (Å²) in [5, 5.41) is 7.04. The molecule has 32 heavy (non-hydrogen) atoms. The fourth-order valence-electron chi connectivity index (χ4n) is 3.41. The number of hydrogen-bond acceptors (Lipinski definition) is 6. The number of rotatable bonds is 11. The molecule has 0 aliphatic carbocycles. The maximum atomic E-state index is 4.29. The second-order valence-electron chi connectivity index (χ2n) is 7.60. The number of nitrogens with zero attached hydrogens (tertiary/aromatic N) is 4. The molecule has 0 saturated heterocycles. The van der Waals surface area contributed by atoms with Crippen LogP contribution < -0.4 is 10.6 Å². The maximum absolute atomic E-state index is 4.29. The third kappa shape index (κ3) is 6.51. The Hall–Kier alpha value is -3.48. The molecule has 0 radical (unpaired) electrons. The van der Waals surface area contributed by atoms with E-state index >= 15 is 0 Å². The van der Waals surface area contributed by atoms with Gasteiger partial charge in [0.05, 0.1) is 0 Å². The molecular weight excluding hydrogens is 396 g/mol. The number of hydrogen-bond donors (Lipinski definition) is 2. The Bertz CT molecular complexity index is 962. The second-order valence-corrected chi connectivity index (χ2v) is 7.60. The molecule has 162 valence electrons. The lowest BCUT2D eigenvalue weighted by atomic mass is 10.1. The van der Waals surface area contributed by atoms with E-state index in [9.17, 15) is 0 Å². The Morgan fingerprint density at radius 3 is 1.25 bits per heavy atom. The van der Waals surface area contributed by atoms with Gasteiger partial charge in [-0.25, -0.2) is 19.9 Å². The van der Waals surface area contributed by atoms with E-state index in [-0.39, 0.29) is 0 Å². The predicted molar refractivity (Wildman–Crippen MR) is 128 cm³/mol. The third-order valence-corrected chi connectivity index (χ3v) is 5.17. The largest absolute Gasteiger partial charge is 0.313 e. The first kappa shape index (κ1) is 21.7. The summed E-state index contributed by atoms with van der Waals surface area (Å²) in [5.74, 6) is 1.53. The summed E-state index contributed by atoms with van der Waals surface area (Å²) in [7, 11) is 0. The molecule has 2 heterocycles. The summed E-state index contributed by atoms with van der Waals surface area (Å²) in [5.41, 5.74) is 4.63. The molecule has 0 fully saturated rings. The third-order valence-electron chi connectivity index (χ3n) is 5.17. The van der Waals surface area contributed by atoms with Crippen molar-refractivity contribution in [2.45, 2.75) is 25.9 Å². The van der Waals surface area contributed by atoms with E-state index < -0.39 is 0 Å². The smallest absolute Gasteiger partial charge is 0.159 e. The van der Waals surface area contributed by atoms with Crippen molar-refractivity contribution in [3.05, 3.63) is 96.6 Å². The monoisotopic (exact) mass is 424 g/mol.